The normalized spacial score (nSPS) is 15.7. The van der Waals surface area contributed by atoms with Crippen molar-refractivity contribution in [3.05, 3.63) is 88.9 Å². The Morgan fingerprint density at radius 2 is 2.02 bits per heavy atom. The lowest BCUT2D eigenvalue weighted by Gasteiger charge is -2.15. The lowest BCUT2D eigenvalue weighted by molar-refractivity contribution is -0.116. The van der Waals surface area contributed by atoms with Crippen LogP contribution in [0.15, 0.2) is 60.9 Å². The maximum absolute atomic E-state index is 14.6. The SMILES string of the molecule is COC(=O)Nc1ccc2c(c1)NC(=O)CC/C=C\C[C@H](NC(=O)c1cnn(-c3cccc(Cl)c3F)c1C)c1ncc-2[nH]1. The summed E-state index contributed by atoms with van der Waals surface area (Å²) in [5.74, 6) is -0.773. The highest BCUT2D eigenvalue weighted by atomic mass is 35.5. The summed E-state index contributed by atoms with van der Waals surface area (Å²) in [4.78, 5) is 45.6. The van der Waals surface area contributed by atoms with Crippen LogP contribution in [0.3, 0.4) is 0 Å². The Hall–Kier alpha value is -4.97. The first kappa shape index (κ1) is 28.6. The van der Waals surface area contributed by atoms with Gasteiger partial charge in [-0.2, -0.15) is 5.10 Å². The molecule has 0 fully saturated rings. The predicted molar refractivity (Wildman–Crippen MR) is 155 cm³/mol. The number of ether oxygens (including phenoxy) is 1. The highest BCUT2D eigenvalue weighted by molar-refractivity contribution is 6.30. The minimum absolute atomic E-state index is 0.0488. The quantitative estimate of drug-likeness (QED) is 0.224. The number of aromatic amines is 1. The minimum atomic E-state index is -0.642. The smallest absolute Gasteiger partial charge is 0.411 e. The number of hydrogen-bond acceptors (Lipinski definition) is 6. The highest BCUT2D eigenvalue weighted by Gasteiger charge is 2.23. The van der Waals surface area contributed by atoms with Crippen LogP contribution in [0.4, 0.5) is 20.6 Å². The van der Waals surface area contributed by atoms with Gasteiger partial charge in [-0.05, 0) is 50.1 Å². The summed E-state index contributed by atoms with van der Waals surface area (Å²) in [6.45, 7) is 1.67. The van der Waals surface area contributed by atoms with E-state index in [-0.39, 0.29) is 28.6 Å². The molecule has 1 aliphatic heterocycles. The number of methoxy groups -OCH3 is 1. The van der Waals surface area contributed by atoms with Crippen LogP contribution in [0.25, 0.3) is 16.9 Å². The monoisotopic (exact) mass is 591 g/mol. The van der Waals surface area contributed by atoms with Gasteiger partial charge in [0.25, 0.3) is 5.91 Å². The molecule has 4 aromatic rings. The fourth-order valence-electron chi connectivity index (χ4n) is 4.56. The van der Waals surface area contributed by atoms with Gasteiger partial charge in [0, 0.05) is 17.7 Å². The van der Waals surface area contributed by atoms with Gasteiger partial charge in [-0.25, -0.2) is 18.9 Å². The van der Waals surface area contributed by atoms with E-state index in [1.807, 2.05) is 12.2 Å². The van der Waals surface area contributed by atoms with Gasteiger partial charge in [-0.1, -0.05) is 29.8 Å². The Balaban J connectivity index is 1.45. The van der Waals surface area contributed by atoms with Crippen molar-refractivity contribution in [3.8, 4) is 16.9 Å². The van der Waals surface area contributed by atoms with Crippen LogP contribution in [0.5, 0.6) is 0 Å². The van der Waals surface area contributed by atoms with E-state index >= 15 is 0 Å². The number of anilines is 2. The van der Waals surface area contributed by atoms with E-state index in [1.54, 1.807) is 37.4 Å². The number of H-pyrrole nitrogens is 1. The molecule has 0 aliphatic carbocycles. The molecule has 2 aromatic carbocycles. The van der Waals surface area contributed by atoms with E-state index < -0.39 is 23.9 Å². The third kappa shape index (κ3) is 6.03. The zero-order valence-corrected chi connectivity index (χ0v) is 23.5. The summed E-state index contributed by atoms with van der Waals surface area (Å²) < 4.78 is 20.6. The number of fused-ring (bicyclic) bond motifs is 4. The topological polar surface area (TPSA) is 143 Å². The average molecular weight is 592 g/mol. The molecule has 11 nitrogen and oxygen atoms in total. The molecular formula is C29H27ClFN7O4. The fourth-order valence-corrected chi connectivity index (χ4v) is 4.73. The number of amides is 3. The third-order valence-corrected chi connectivity index (χ3v) is 7.03. The summed E-state index contributed by atoms with van der Waals surface area (Å²) in [6, 6.07) is 9.05. The van der Waals surface area contributed by atoms with E-state index in [9.17, 15) is 18.8 Å². The van der Waals surface area contributed by atoms with Gasteiger partial charge in [0.2, 0.25) is 5.91 Å². The Kier molecular flexibility index (Phi) is 8.34. The summed E-state index contributed by atoms with van der Waals surface area (Å²) in [7, 11) is 1.26. The third-order valence-electron chi connectivity index (χ3n) is 6.74. The van der Waals surface area contributed by atoms with Gasteiger partial charge in [-0.3, -0.25) is 14.9 Å². The molecule has 216 valence electrons. The zero-order chi connectivity index (χ0) is 29.8. The molecule has 2 bridgehead atoms. The average Bonchev–Trinajstić information content (AvgIpc) is 3.61. The van der Waals surface area contributed by atoms with Crippen LogP contribution in [-0.2, 0) is 9.53 Å². The summed E-state index contributed by atoms with van der Waals surface area (Å²) in [6.07, 6.45) is 7.18. The van der Waals surface area contributed by atoms with Crippen molar-refractivity contribution in [2.75, 3.05) is 17.7 Å². The van der Waals surface area contributed by atoms with Crippen molar-refractivity contribution in [1.29, 1.82) is 0 Å². The Labute approximate surface area is 245 Å². The van der Waals surface area contributed by atoms with E-state index in [2.05, 4.69) is 35.8 Å². The molecule has 13 heteroatoms. The fraction of sp³-hybridized carbons (Fsp3) is 0.207. The van der Waals surface area contributed by atoms with Crippen molar-refractivity contribution >= 4 is 40.9 Å². The van der Waals surface area contributed by atoms with E-state index in [0.717, 1.165) is 0 Å². The van der Waals surface area contributed by atoms with Gasteiger partial charge in [0.1, 0.15) is 11.5 Å². The van der Waals surface area contributed by atoms with Crippen molar-refractivity contribution in [2.24, 2.45) is 0 Å². The molecular weight excluding hydrogens is 565 g/mol. The molecule has 0 saturated carbocycles. The number of hydrogen-bond donors (Lipinski definition) is 4. The number of benzene rings is 2. The first-order valence-corrected chi connectivity index (χ1v) is 13.4. The van der Waals surface area contributed by atoms with Crippen LogP contribution in [0.2, 0.25) is 5.02 Å². The molecule has 3 heterocycles. The Morgan fingerprint density at radius 1 is 1.19 bits per heavy atom. The second kappa shape index (κ2) is 12.3. The molecule has 4 N–H and O–H groups in total. The van der Waals surface area contributed by atoms with Crippen molar-refractivity contribution in [3.63, 3.8) is 0 Å². The maximum atomic E-state index is 14.6. The molecule has 0 saturated heterocycles. The lowest BCUT2D eigenvalue weighted by Crippen LogP contribution is -2.29. The van der Waals surface area contributed by atoms with Crippen LogP contribution >= 0.6 is 11.6 Å². The number of nitrogens with one attached hydrogen (secondary N) is 4. The number of carbonyl (C=O) groups excluding carboxylic acids is 3. The molecule has 0 unspecified atom stereocenters. The van der Waals surface area contributed by atoms with Crippen LogP contribution in [-0.4, -0.2) is 44.8 Å². The van der Waals surface area contributed by atoms with E-state index in [1.165, 1.54) is 30.1 Å². The second-order valence-electron chi connectivity index (χ2n) is 9.51. The summed E-state index contributed by atoms with van der Waals surface area (Å²) >= 11 is 5.94. The van der Waals surface area contributed by atoms with Gasteiger partial charge in [-0.15, -0.1) is 0 Å². The van der Waals surface area contributed by atoms with Crippen LogP contribution in [0, 0.1) is 12.7 Å². The molecule has 0 spiro atoms. The minimum Gasteiger partial charge on any atom is -0.453 e. The molecule has 1 atom stereocenters. The first-order valence-electron chi connectivity index (χ1n) is 13.0. The van der Waals surface area contributed by atoms with E-state index in [4.69, 9.17) is 11.6 Å². The Morgan fingerprint density at radius 3 is 2.83 bits per heavy atom. The Bertz CT molecular complexity index is 1700. The van der Waals surface area contributed by atoms with E-state index in [0.29, 0.717) is 47.0 Å². The van der Waals surface area contributed by atoms with Crippen LogP contribution < -0.4 is 16.0 Å². The number of imidazole rings is 1. The number of nitrogens with zero attached hydrogens (tertiary/aromatic N) is 3. The molecule has 5 rings (SSSR count). The second-order valence-corrected chi connectivity index (χ2v) is 9.91. The summed E-state index contributed by atoms with van der Waals surface area (Å²) in [5, 5.41) is 12.7. The standard InChI is InChI=1S/C29H27ClFN7O4/c1-16-19(14-33-38(16)24-9-6-7-20(30)26(24)31)28(40)37-21-8-4-3-5-10-25(39)35-22-13-17(34-29(41)42-2)11-12-18(22)23-15-32-27(21)36-23/h3-4,6-7,9,11-15,21H,5,8,10H2,1-2H3,(H,32,36)(H,34,41)(H,35,39)(H,37,40)/b4-3-/t21-/m0/s1. The first-order chi connectivity index (χ1) is 20.2. The predicted octanol–water partition coefficient (Wildman–Crippen LogP) is 5.69. The summed E-state index contributed by atoms with van der Waals surface area (Å²) in [5.41, 5.74) is 2.95. The molecule has 1 aliphatic rings. The number of allylic oxidation sites excluding steroid dienone is 1. The lowest BCUT2D eigenvalue weighted by atomic mass is 10.1. The highest BCUT2D eigenvalue weighted by Crippen LogP contribution is 2.32. The largest absolute Gasteiger partial charge is 0.453 e. The van der Waals surface area contributed by atoms with Gasteiger partial charge < -0.3 is 20.4 Å². The number of aromatic nitrogens is 4. The van der Waals surface area contributed by atoms with Crippen molar-refractivity contribution in [1.82, 2.24) is 25.1 Å². The van der Waals surface area contributed by atoms with Gasteiger partial charge in [0.15, 0.2) is 5.82 Å². The number of rotatable bonds is 4. The maximum Gasteiger partial charge on any atom is 0.411 e. The van der Waals surface area contributed by atoms with Crippen molar-refractivity contribution in [2.45, 2.75) is 32.2 Å². The molecule has 3 amide bonds. The molecule has 2 aromatic heterocycles. The zero-order valence-electron chi connectivity index (χ0n) is 22.7. The molecule has 0 radical (unpaired) electrons. The van der Waals surface area contributed by atoms with Gasteiger partial charge in [0.05, 0.1) is 53.2 Å². The van der Waals surface area contributed by atoms with Crippen LogP contribution in [0.1, 0.15) is 47.2 Å². The number of carbonyl (C=O) groups is 3. The molecule has 42 heavy (non-hydrogen) atoms. The number of halogens is 2. The van der Waals surface area contributed by atoms with Gasteiger partial charge >= 0.3 is 6.09 Å². The van der Waals surface area contributed by atoms with Crippen molar-refractivity contribution < 1.29 is 23.5 Å².